The molecule has 0 bridgehead atoms. The van der Waals surface area contributed by atoms with Gasteiger partial charge < -0.3 is 10.6 Å². The number of anilines is 2. The van der Waals surface area contributed by atoms with Gasteiger partial charge in [0.15, 0.2) is 0 Å². The maximum atomic E-state index is 13.6. The second-order valence-corrected chi connectivity index (χ2v) is 6.70. The summed E-state index contributed by atoms with van der Waals surface area (Å²) in [4.78, 5) is 4.11. The van der Waals surface area contributed by atoms with Crippen molar-refractivity contribution >= 4 is 22.8 Å². The van der Waals surface area contributed by atoms with E-state index in [-0.39, 0.29) is 5.82 Å². The van der Waals surface area contributed by atoms with Crippen LogP contribution in [0.15, 0.2) is 92.4 Å². The number of nitrogens with zero attached hydrogens (tertiary/aromatic N) is 2. The highest BCUT2D eigenvalue weighted by atomic mass is 19.1. The van der Waals surface area contributed by atoms with Crippen molar-refractivity contribution in [2.75, 3.05) is 10.6 Å². The minimum absolute atomic E-state index is 0.266. The predicted octanol–water partition coefficient (Wildman–Crippen LogP) is 5.78. The van der Waals surface area contributed by atoms with Gasteiger partial charge in [-0.2, -0.15) is 5.10 Å². The lowest BCUT2D eigenvalue weighted by molar-refractivity contribution is 0.628. The van der Waals surface area contributed by atoms with Crippen LogP contribution in [0.2, 0.25) is 0 Å². The first-order valence-corrected chi connectivity index (χ1v) is 9.32. The number of hydrogen-bond acceptors (Lipinski definition) is 4. The molecule has 148 valence electrons. The minimum Gasteiger partial charge on any atom is -0.354 e. The third-order valence-electron chi connectivity index (χ3n) is 4.55. The van der Waals surface area contributed by atoms with Crippen molar-refractivity contribution in [2.24, 2.45) is 0 Å². The van der Waals surface area contributed by atoms with Crippen LogP contribution in [0.25, 0.3) is 22.5 Å². The van der Waals surface area contributed by atoms with Crippen LogP contribution in [0, 0.1) is 5.82 Å². The van der Waals surface area contributed by atoms with Crippen molar-refractivity contribution in [3.05, 3.63) is 109 Å². The average molecular weight is 397 g/mol. The molecule has 0 aliphatic carbocycles. The number of benzene rings is 2. The molecular weight excluding hydrogens is 377 g/mol. The van der Waals surface area contributed by atoms with Gasteiger partial charge in [-0.15, -0.1) is 0 Å². The van der Waals surface area contributed by atoms with E-state index in [1.165, 1.54) is 12.1 Å². The van der Waals surface area contributed by atoms with E-state index in [0.717, 1.165) is 28.1 Å². The summed E-state index contributed by atoms with van der Waals surface area (Å²) in [5.41, 5.74) is 6.19. The standard InChI is InChI=1S/C24H20FN5/c1-16(20-8-5-11-26-14-20)29-23-15-27-30-24(23)17(2)28-22-10-4-7-19(13-22)18-6-3-9-21(25)12-18/h3-15,28-29H,1-2H2,(H,27,30). The first kappa shape index (κ1) is 19.1. The highest BCUT2D eigenvalue weighted by molar-refractivity contribution is 5.85. The Balaban J connectivity index is 1.51. The zero-order chi connectivity index (χ0) is 20.9. The molecule has 0 spiro atoms. The van der Waals surface area contributed by atoms with Gasteiger partial charge in [-0.1, -0.05) is 37.4 Å². The Morgan fingerprint density at radius 3 is 2.43 bits per heavy atom. The van der Waals surface area contributed by atoms with Gasteiger partial charge in [-0.25, -0.2) is 4.39 Å². The lowest BCUT2D eigenvalue weighted by Gasteiger charge is -2.13. The fourth-order valence-corrected chi connectivity index (χ4v) is 3.07. The van der Waals surface area contributed by atoms with Crippen LogP contribution in [-0.4, -0.2) is 15.2 Å². The van der Waals surface area contributed by atoms with Gasteiger partial charge in [0.2, 0.25) is 0 Å². The molecule has 0 saturated carbocycles. The van der Waals surface area contributed by atoms with Crippen LogP contribution in [0.4, 0.5) is 15.8 Å². The van der Waals surface area contributed by atoms with E-state index >= 15 is 0 Å². The van der Waals surface area contributed by atoms with Gasteiger partial charge in [0.25, 0.3) is 0 Å². The van der Waals surface area contributed by atoms with E-state index in [1.54, 1.807) is 24.7 Å². The summed E-state index contributed by atoms with van der Waals surface area (Å²) in [5, 5.41) is 13.6. The first-order valence-electron chi connectivity index (χ1n) is 9.32. The van der Waals surface area contributed by atoms with E-state index in [9.17, 15) is 4.39 Å². The van der Waals surface area contributed by atoms with Gasteiger partial charge in [-0.05, 0) is 47.5 Å². The zero-order valence-corrected chi connectivity index (χ0v) is 16.2. The quantitative estimate of drug-likeness (QED) is 0.370. The van der Waals surface area contributed by atoms with E-state index < -0.39 is 0 Å². The zero-order valence-electron chi connectivity index (χ0n) is 16.2. The average Bonchev–Trinajstić information content (AvgIpc) is 3.23. The second-order valence-electron chi connectivity index (χ2n) is 6.70. The SMILES string of the molecule is C=C(Nc1cn[nH]c1C(=C)Nc1cccc(-c2cccc(F)c2)c1)c1cccnc1. The molecular formula is C24H20FN5. The number of halogens is 1. The third-order valence-corrected chi connectivity index (χ3v) is 4.55. The Kier molecular flexibility index (Phi) is 5.39. The second kappa shape index (κ2) is 8.45. The highest BCUT2D eigenvalue weighted by Crippen LogP contribution is 2.27. The van der Waals surface area contributed by atoms with Gasteiger partial charge in [0, 0.05) is 29.3 Å². The normalized spacial score (nSPS) is 10.4. The van der Waals surface area contributed by atoms with Crippen LogP contribution < -0.4 is 10.6 Å². The molecule has 0 unspecified atom stereocenters. The summed E-state index contributed by atoms with van der Waals surface area (Å²) in [5.74, 6) is -0.266. The van der Waals surface area contributed by atoms with Crippen molar-refractivity contribution in [3.63, 3.8) is 0 Å². The summed E-state index contributed by atoms with van der Waals surface area (Å²) in [6.07, 6.45) is 5.12. The van der Waals surface area contributed by atoms with E-state index in [0.29, 0.717) is 17.1 Å². The lowest BCUT2D eigenvalue weighted by atomic mass is 10.0. The van der Waals surface area contributed by atoms with Gasteiger partial charge in [-0.3, -0.25) is 10.1 Å². The molecule has 0 fully saturated rings. The maximum absolute atomic E-state index is 13.6. The van der Waals surface area contributed by atoms with Crippen LogP contribution >= 0.6 is 0 Å². The summed E-state index contributed by atoms with van der Waals surface area (Å²) in [7, 11) is 0. The number of hydrogen-bond donors (Lipinski definition) is 3. The Hall–Kier alpha value is -4.19. The summed E-state index contributed by atoms with van der Waals surface area (Å²) < 4.78 is 13.6. The molecule has 6 heteroatoms. The predicted molar refractivity (Wildman–Crippen MR) is 120 cm³/mol. The first-order chi connectivity index (χ1) is 14.6. The molecule has 0 atom stereocenters. The van der Waals surface area contributed by atoms with Crippen molar-refractivity contribution in [3.8, 4) is 11.1 Å². The molecule has 4 rings (SSSR count). The monoisotopic (exact) mass is 397 g/mol. The van der Waals surface area contributed by atoms with E-state index in [4.69, 9.17) is 0 Å². The number of nitrogens with one attached hydrogen (secondary N) is 3. The number of rotatable bonds is 7. The topological polar surface area (TPSA) is 65.6 Å². The molecule has 2 aromatic carbocycles. The molecule has 0 aliphatic rings. The Labute approximate surface area is 174 Å². The molecule has 0 aliphatic heterocycles. The molecule has 0 saturated heterocycles. The van der Waals surface area contributed by atoms with Crippen LogP contribution in [0.1, 0.15) is 11.3 Å². The van der Waals surface area contributed by atoms with Crippen molar-refractivity contribution in [2.45, 2.75) is 0 Å². The summed E-state index contributed by atoms with van der Waals surface area (Å²) >= 11 is 0. The number of aromatic nitrogens is 3. The Bertz CT molecular complexity index is 1200. The largest absolute Gasteiger partial charge is 0.354 e. The van der Waals surface area contributed by atoms with E-state index in [2.05, 4.69) is 39.0 Å². The Morgan fingerprint density at radius 1 is 0.867 bits per heavy atom. The van der Waals surface area contributed by atoms with Crippen LogP contribution in [-0.2, 0) is 0 Å². The fraction of sp³-hybridized carbons (Fsp3) is 0. The smallest absolute Gasteiger partial charge is 0.123 e. The molecule has 0 amide bonds. The van der Waals surface area contributed by atoms with Gasteiger partial charge in [0.05, 0.1) is 17.6 Å². The van der Waals surface area contributed by atoms with Gasteiger partial charge >= 0.3 is 0 Å². The molecule has 2 heterocycles. The number of H-pyrrole nitrogens is 1. The van der Waals surface area contributed by atoms with Crippen LogP contribution in [0.5, 0.6) is 0 Å². The molecule has 5 nitrogen and oxygen atoms in total. The highest BCUT2D eigenvalue weighted by Gasteiger charge is 2.11. The fourth-order valence-electron chi connectivity index (χ4n) is 3.07. The number of aromatic amines is 1. The van der Waals surface area contributed by atoms with E-state index in [1.807, 2.05) is 42.5 Å². The van der Waals surface area contributed by atoms with Crippen molar-refractivity contribution in [1.29, 1.82) is 0 Å². The minimum atomic E-state index is -0.266. The molecule has 30 heavy (non-hydrogen) atoms. The summed E-state index contributed by atoms with van der Waals surface area (Å²) in [6.45, 7) is 8.19. The lowest BCUT2D eigenvalue weighted by Crippen LogP contribution is -2.03. The molecule has 3 N–H and O–H groups in total. The molecule has 4 aromatic rings. The Morgan fingerprint density at radius 2 is 1.67 bits per heavy atom. The van der Waals surface area contributed by atoms with Crippen molar-refractivity contribution in [1.82, 2.24) is 15.2 Å². The maximum Gasteiger partial charge on any atom is 0.123 e. The third kappa shape index (κ3) is 4.28. The molecule has 2 aromatic heterocycles. The summed E-state index contributed by atoms with van der Waals surface area (Å²) in [6, 6.07) is 18.0. The van der Waals surface area contributed by atoms with Crippen molar-refractivity contribution < 1.29 is 4.39 Å². The van der Waals surface area contributed by atoms with Gasteiger partial charge in [0.1, 0.15) is 11.5 Å². The molecule has 0 radical (unpaired) electrons. The number of pyridine rings is 1. The van der Waals surface area contributed by atoms with Crippen LogP contribution in [0.3, 0.4) is 0 Å².